The van der Waals surface area contributed by atoms with Gasteiger partial charge in [0.05, 0.1) is 6.10 Å². The van der Waals surface area contributed by atoms with Gasteiger partial charge in [0.1, 0.15) is 0 Å². The first-order chi connectivity index (χ1) is 9.54. The van der Waals surface area contributed by atoms with Crippen molar-refractivity contribution < 1.29 is 13.9 Å². The number of hydrogen-bond donors (Lipinski definition) is 1. The number of rotatable bonds is 5. The molecule has 3 atom stereocenters. The third-order valence-corrected chi connectivity index (χ3v) is 4.43. The van der Waals surface area contributed by atoms with Crippen molar-refractivity contribution in [3.05, 3.63) is 35.4 Å². The van der Waals surface area contributed by atoms with E-state index in [1.165, 1.54) is 25.0 Å². The SMILES string of the molecule is CCC1CCC(C)N1CCC(O)c1cccc(F)c1F. The normalized spacial score (nSPS) is 25.1. The molecule has 1 saturated heterocycles. The van der Waals surface area contributed by atoms with Crippen molar-refractivity contribution in [3.8, 4) is 0 Å². The van der Waals surface area contributed by atoms with E-state index in [1.54, 1.807) is 0 Å². The molecule has 4 heteroatoms. The second kappa shape index (κ2) is 6.64. The van der Waals surface area contributed by atoms with Crippen LogP contribution in [-0.4, -0.2) is 28.6 Å². The molecular weight excluding hydrogens is 260 g/mol. The summed E-state index contributed by atoms with van der Waals surface area (Å²) in [5.74, 6) is -1.83. The first-order valence-corrected chi connectivity index (χ1v) is 7.42. The van der Waals surface area contributed by atoms with Crippen molar-refractivity contribution in [2.45, 2.75) is 57.7 Å². The number of benzene rings is 1. The van der Waals surface area contributed by atoms with E-state index in [4.69, 9.17) is 0 Å². The molecule has 0 aromatic heterocycles. The van der Waals surface area contributed by atoms with Crippen LogP contribution in [0.2, 0.25) is 0 Å². The van der Waals surface area contributed by atoms with Crippen molar-refractivity contribution in [2.24, 2.45) is 0 Å². The van der Waals surface area contributed by atoms with E-state index in [1.807, 2.05) is 0 Å². The molecular formula is C16H23F2NO. The largest absolute Gasteiger partial charge is 0.388 e. The molecule has 112 valence electrons. The molecule has 1 aliphatic rings. The maximum atomic E-state index is 13.6. The summed E-state index contributed by atoms with van der Waals surface area (Å²) in [7, 11) is 0. The Hall–Kier alpha value is -1.00. The third-order valence-electron chi connectivity index (χ3n) is 4.43. The fourth-order valence-corrected chi connectivity index (χ4v) is 3.17. The van der Waals surface area contributed by atoms with Gasteiger partial charge >= 0.3 is 0 Å². The lowest BCUT2D eigenvalue weighted by Gasteiger charge is -2.28. The van der Waals surface area contributed by atoms with Crippen LogP contribution in [0.5, 0.6) is 0 Å². The average molecular weight is 283 g/mol. The molecule has 0 saturated carbocycles. The molecule has 1 aliphatic heterocycles. The zero-order valence-electron chi connectivity index (χ0n) is 12.1. The van der Waals surface area contributed by atoms with Crippen LogP contribution in [0.4, 0.5) is 8.78 Å². The Balaban J connectivity index is 1.98. The number of nitrogens with zero attached hydrogens (tertiary/aromatic N) is 1. The fourth-order valence-electron chi connectivity index (χ4n) is 3.17. The minimum Gasteiger partial charge on any atom is -0.388 e. The Morgan fingerprint density at radius 3 is 2.80 bits per heavy atom. The lowest BCUT2D eigenvalue weighted by Crippen LogP contribution is -2.35. The van der Waals surface area contributed by atoms with Gasteiger partial charge in [0.2, 0.25) is 0 Å². The molecule has 1 heterocycles. The Morgan fingerprint density at radius 1 is 1.35 bits per heavy atom. The lowest BCUT2D eigenvalue weighted by atomic mass is 10.0. The van der Waals surface area contributed by atoms with Crippen LogP contribution < -0.4 is 0 Å². The van der Waals surface area contributed by atoms with Crippen LogP contribution in [0.1, 0.15) is 51.2 Å². The van der Waals surface area contributed by atoms with Crippen molar-refractivity contribution in [3.63, 3.8) is 0 Å². The highest BCUT2D eigenvalue weighted by Crippen LogP contribution is 2.28. The number of aliphatic hydroxyl groups excluding tert-OH is 1. The first kappa shape index (κ1) is 15.4. The molecule has 0 spiro atoms. The molecule has 0 aliphatic carbocycles. The molecule has 3 unspecified atom stereocenters. The van der Waals surface area contributed by atoms with Crippen molar-refractivity contribution >= 4 is 0 Å². The van der Waals surface area contributed by atoms with E-state index >= 15 is 0 Å². The van der Waals surface area contributed by atoms with E-state index in [-0.39, 0.29) is 5.56 Å². The average Bonchev–Trinajstić information content (AvgIpc) is 2.79. The van der Waals surface area contributed by atoms with Crippen molar-refractivity contribution in [1.29, 1.82) is 0 Å². The van der Waals surface area contributed by atoms with E-state index in [0.717, 1.165) is 19.0 Å². The second-order valence-electron chi connectivity index (χ2n) is 5.67. The summed E-state index contributed by atoms with van der Waals surface area (Å²) in [6, 6.07) is 5.01. The van der Waals surface area contributed by atoms with Gasteiger partial charge in [0.15, 0.2) is 11.6 Å². The van der Waals surface area contributed by atoms with E-state index in [0.29, 0.717) is 18.5 Å². The second-order valence-corrected chi connectivity index (χ2v) is 5.67. The van der Waals surface area contributed by atoms with E-state index in [9.17, 15) is 13.9 Å². The highest BCUT2D eigenvalue weighted by molar-refractivity contribution is 5.21. The first-order valence-electron chi connectivity index (χ1n) is 7.42. The maximum absolute atomic E-state index is 13.6. The van der Waals surface area contributed by atoms with Crippen LogP contribution in [0.15, 0.2) is 18.2 Å². The van der Waals surface area contributed by atoms with Gasteiger partial charge in [-0.3, -0.25) is 4.90 Å². The van der Waals surface area contributed by atoms with Gasteiger partial charge in [-0.25, -0.2) is 8.78 Å². The van der Waals surface area contributed by atoms with E-state index in [2.05, 4.69) is 18.7 Å². The summed E-state index contributed by atoms with van der Waals surface area (Å²) in [4.78, 5) is 2.38. The quantitative estimate of drug-likeness (QED) is 0.891. The number of likely N-dealkylation sites (tertiary alicyclic amines) is 1. The van der Waals surface area contributed by atoms with E-state index < -0.39 is 17.7 Å². The van der Waals surface area contributed by atoms with Crippen molar-refractivity contribution in [2.75, 3.05) is 6.54 Å². The Bertz CT molecular complexity index is 452. The van der Waals surface area contributed by atoms with Crippen molar-refractivity contribution in [1.82, 2.24) is 4.90 Å². The third kappa shape index (κ3) is 3.18. The molecule has 2 nitrogen and oxygen atoms in total. The van der Waals surface area contributed by atoms with Gasteiger partial charge in [-0.05, 0) is 38.7 Å². The maximum Gasteiger partial charge on any atom is 0.164 e. The van der Waals surface area contributed by atoms with Gasteiger partial charge < -0.3 is 5.11 Å². The molecule has 1 aromatic carbocycles. The zero-order chi connectivity index (χ0) is 14.7. The van der Waals surface area contributed by atoms with Crippen LogP contribution >= 0.6 is 0 Å². The summed E-state index contributed by atoms with van der Waals surface area (Å²) in [6.45, 7) is 5.07. The molecule has 1 N–H and O–H groups in total. The monoisotopic (exact) mass is 283 g/mol. The molecule has 0 bridgehead atoms. The predicted octanol–water partition coefficient (Wildman–Crippen LogP) is 3.65. The summed E-state index contributed by atoms with van der Waals surface area (Å²) >= 11 is 0. The summed E-state index contributed by atoms with van der Waals surface area (Å²) in [6.07, 6.45) is 2.93. The number of aliphatic hydroxyl groups is 1. The highest BCUT2D eigenvalue weighted by atomic mass is 19.2. The minimum absolute atomic E-state index is 0.0601. The van der Waals surface area contributed by atoms with Gasteiger partial charge in [0.25, 0.3) is 0 Å². The molecule has 1 fully saturated rings. The molecule has 20 heavy (non-hydrogen) atoms. The Labute approximate surface area is 119 Å². The topological polar surface area (TPSA) is 23.5 Å². The Kier molecular flexibility index (Phi) is 5.11. The van der Waals surface area contributed by atoms with Gasteiger partial charge in [-0.15, -0.1) is 0 Å². The van der Waals surface area contributed by atoms with Gasteiger partial charge in [0, 0.05) is 24.2 Å². The highest BCUT2D eigenvalue weighted by Gasteiger charge is 2.29. The fraction of sp³-hybridized carbons (Fsp3) is 0.625. The van der Waals surface area contributed by atoms with Gasteiger partial charge in [-0.2, -0.15) is 0 Å². The summed E-state index contributed by atoms with van der Waals surface area (Å²) in [5, 5.41) is 10.1. The molecule has 0 amide bonds. The molecule has 1 aromatic rings. The predicted molar refractivity (Wildman–Crippen MR) is 75.4 cm³/mol. The smallest absolute Gasteiger partial charge is 0.164 e. The standard InChI is InChI=1S/C16H23F2NO/c1-3-12-8-7-11(2)19(12)10-9-15(20)13-5-4-6-14(17)16(13)18/h4-6,11-12,15,20H,3,7-10H2,1-2H3. The van der Waals surface area contributed by atoms with Crippen LogP contribution in [-0.2, 0) is 0 Å². The lowest BCUT2D eigenvalue weighted by molar-refractivity contribution is 0.119. The van der Waals surface area contributed by atoms with Crippen LogP contribution in [0.25, 0.3) is 0 Å². The van der Waals surface area contributed by atoms with Gasteiger partial charge in [-0.1, -0.05) is 19.1 Å². The summed E-state index contributed by atoms with van der Waals surface area (Å²) in [5.41, 5.74) is 0.0601. The number of hydrogen-bond acceptors (Lipinski definition) is 2. The molecule has 2 rings (SSSR count). The zero-order valence-corrected chi connectivity index (χ0v) is 12.1. The van der Waals surface area contributed by atoms with Crippen LogP contribution in [0, 0.1) is 11.6 Å². The molecule has 0 radical (unpaired) electrons. The summed E-state index contributed by atoms with van der Waals surface area (Å²) < 4.78 is 26.8. The van der Waals surface area contributed by atoms with Crippen LogP contribution in [0.3, 0.4) is 0 Å². The number of halogens is 2. The minimum atomic E-state index is -0.948. The Morgan fingerprint density at radius 2 is 2.10 bits per heavy atom.